The molecule has 1 atom stereocenters. The lowest BCUT2D eigenvalue weighted by atomic mass is 10.1. The third-order valence-corrected chi connectivity index (χ3v) is 3.39. The van der Waals surface area contributed by atoms with Crippen LogP contribution < -0.4 is 0 Å². The molecule has 0 saturated carbocycles. The van der Waals surface area contributed by atoms with Crippen molar-refractivity contribution >= 4 is 10.9 Å². The molecule has 0 aliphatic rings. The van der Waals surface area contributed by atoms with Gasteiger partial charge < -0.3 is 14.8 Å². The number of hydrogen-bond acceptors (Lipinski definition) is 2. The molecule has 0 fully saturated rings. The van der Waals surface area contributed by atoms with E-state index in [-0.39, 0.29) is 6.61 Å². The van der Waals surface area contributed by atoms with Crippen LogP contribution in [0.5, 0.6) is 0 Å². The number of aromatic nitrogens is 1. The fourth-order valence-corrected chi connectivity index (χ4v) is 2.35. The first-order chi connectivity index (χ1) is 8.67. The van der Waals surface area contributed by atoms with E-state index in [1.54, 1.807) is 6.92 Å². The number of fused-ring (bicyclic) bond motifs is 1. The summed E-state index contributed by atoms with van der Waals surface area (Å²) in [6.45, 7) is 4.90. The Morgan fingerprint density at radius 2 is 2.11 bits per heavy atom. The minimum absolute atomic E-state index is 0.191. The lowest BCUT2D eigenvalue weighted by Gasteiger charge is -2.04. The van der Waals surface area contributed by atoms with Crippen LogP contribution in [0.25, 0.3) is 10.9 Å². The van der Waals surface area contributed by atoms with Crippen LogP contribution in [-0.2, 0) is 13.0 Å². The van der Waals surface area contributed by atoms with E-state index in [0.717, 1.165) is 35.9 Å². The minimum atomic E-state index is -0.463. The van der Waals surface area contributed by atoms with E-state index in [0.29, 0.717) is 0 Å². The van der Waals surface area contributed by atoms with Gasteiger partial charge in [-0.05, 0) is 37.5 Å². The molecule has 2 aromatic rings. The van der Waals surface area contributed by atoms with Crippen LogP contribution in [0.15, 0.2) is 24.4 Å². The molecule has 1 heterocycles. The molecule has 98 valence electrons. The highest BCUT2D eigenvalue weighted by Gasteiger charge is 2.12. The molecule has 0 radical (unpaired) electrons. The second kappa shape index (κ2) is 5.55. The Labute approximate surface area is 108 Å². The summed E-state index contributed by atoms with van der Waals surface area (Å²) in [6.07, 6.45) is 3.27. The molecule has 0 aliphatic carbocycles. The van der Waals surface area contributed by atoms with Crippen LogP contribution in [0.4, 0.5) is 0 Å². The first kappa shape index (κ1) is 13.1. The lowest BCUT2D eigenvalue weighted by Crippen LogP contribution is -1.98. The molecule has 0 amide bonds. The molecule has 0 spiro atoms. The van der Waals surface area contributed by atoms with Gasteiger partial charge >= 0.3 is 0 Å². The van der Waals surface area contributed by atoms with Crippen molar-refractivity contribution in [3.63, 3.8) is 0 Å². The Morgan fingerprint density at radius 1 is 1.33 bits per heavy atom. The van der Waals surface area contributed by atoms with Gasteiger partial charge in [0.15, 0.2) is 0 Å². The Hall–Kier alpha value is -1.32. The summed E-state index contributed by atoms with van der Waals surface area (Å²) >= 11 is 0. The summed E-state index contributed by atoms with van der Waals surface area (Å²) in [5, 5.41) is 19.9. The van der Waals surface area contributed by atoms with E-state index >= 15 is 0 Å². The van der Waals surface area contributed by atoms with Gasteiger partial charge in [0.1, 0.15) is 0 Å². The maximum Gasteiger partial charge on any atom is 0.0782 e. The van der Waals surface area contributed by atoms with E-state index in [4.69, 9.17) is 5.11 Å². The SMILES string of the molecule is CCc1ccc2c(c1)c(C(C)O)cn2CCCO. The highest BCUT2D eigenvalue weighted by atomic mass is 16.3. The normalized spacial score (nSPS) is 13.1. The summed E-state index contributed by atoms with van der Waals surface area (Å²) in [7, 11) is 0. The predicted octanol–water partition coefficient (Wildman–Crippen LogP) is 2.64. The second-order valence-corrected chi connectivity index (χ2v) is 4.74. The molecule has 3 nitrogen and oxygen atoms in total. The average Bonchev–Trinajstić information content (AvgIpc) is 2.74. The number of nitrogens with zero attached hydrogens (tertiary/aromatic N) is 1. The molecule has 3 heteroatoms. The molecule has 1 unspecified atom stereocenters. The van der Waals surface area contributed by atoms with Gasteiger partial charge in [0.25, 0.3) is 0 Å². The number of hydrogen-bond donors (Lipinski definition) is 2. The number of aryl methyl sites for hydroxylation is 2. The average molecular weight is 247 g/mol. The molecule has 2 N–H and O–H groups in total. The van der Waals surface area contributed by atoms with E-state index in [1.165, 1.54) is 5.56 Å². The molecule has 0 bridgehead atoms. The minimum Gasteiger partial charge on any atom is -0.396 e. The first-order valence-electron chi connectivity index (χ1n) is 6.58. The smallest absolute Gasteiger partial charge is 0.0782 e. The van der Waals surface area contributed by atoms with Crippen molar-refractivity contribution in [2.24, 2.45) is 0 Å². The quantitative estimate of drug-likeness (QED) is 0.853. The molecule has 1 aromatic heterocycles. The lowest BCUT2D eigenvalue weighted by molar-refractivity contribution is 0.200. The molecular formula is C15H21NO2. The van der Waals surface area contributed by atoms with Crippen LogP contribution >= 0.6 is 0 Å². The second-order valence-electron chi connectivity index (χ2n) is 4.74. The van der Waals surface area contributed by atoms with Crippen molar-refractivity contribution in [1.82, 2.24) is 4.57 Å². The Kier molecular flexibility index (Phi) is 4.04. The van der Waals surface area contributed by atoms with Crippen molar-refractivity contribution in [2.75, 3.05) is 6.61 Å². The van der Waals surface area contributed by atoms with Crippen molar-refractivity contribution in [1.29, 1.82) is 0 Å². The Balaban J connectivity index is 2.53. The molecule has 0 aliphatic heterocycles. The maximum absolute atomic E-state index is 9.86. The van der Waals surface area contributed by atoms with Crippen LogP contribution in [0.2, 0.25) is 0 Å². The highest BCUT2D eigenvalue weighted by Crippen LogP contribution is 2.28. The van der Waals surface area contributed by atoms with Gasteiger partial charge in [-0.15, -0.1) is 0 Å². The zero-order chi connectivity index (χ0) is 13.1. The fraction of sp³-hybridized carbons (Fsp3) is 0.467. The van der Waals surface area contributed by atoms with Crippen molar-refractivity contribution in [3.05, 3.63) is 35.5 Å². The van der Waals surface area contributed by atoms with E-state index in [2.05, 4.69) is 29.7 Å². The molecule has 0 saturated heterocycles. The zero-order valence-electron chi connectivity index (χ0n) is 11.1. The van der Waals surface area contributed by atoms with Crippen molar-refractivity contribution in [3.8, 4) is 0 Å². The van der Waals surface area contributed by atoms with Gasteiger partial charge in [-0.2, -0.15) is 0 Å². The highest BCUT2D eigenvalue weighted by molar-refractivity contribution is 5.85. The first-order valence-corrected chi connectivity index (χ1v) is 6.58. The van der Waals surface area contributed by atoms with Gasteiger partial charge in [0.05, 0.1) is 6.10 Å². The fourth-order valence-electron chi connectivity index (χ4n) is 2.35. The summed E-state index contributed by atoms with van der Waals surface area (Å²) in [6, 6.07) is 6.40. The predicted molar refractivity (Wildman–Crippen MR) is 73.7 cm³/mol. The van der Waals surface area contributed by atoms with Crippen LogP contribution in [0.1, 0.15) is 37.5 Å². The van der Waals surface area contributed by atoms with E-state index in [9.17, 15) is 5.11 Å². The van der Waals surface area contributed by atoms with Gasteiger partial charge in [-0.1, -0.05) is 13.0 Å². The van der Waals surface area contributed by atoms with E-state index in [1.807, 2.05) is 6.20 Å². The summed E-state index contributed by atoms with van der Waals surface area (Å²) in [4.78, 5) is 0. The van der Waals surface area contributed by atoms with Crippen LogP contribution in [-0.4, -0.2) is 21.4 Å². The molecule has 2 rings (SSSR count). The molecule has 18 heavy (non-hydrogen) atoms. The summed E-state index contributed by atoms with van der Waals surface area (Å²) < 4.78 is 2.12. The number of aliphatic hydroxyl groups is 2. The van der Waals surface area contributed by atoms with Crippen LogP contribution in [0.3, 0.4) is 0 Å². The van der Waals surface area contributed by atoms with Crippen LogP contribution in [0, 0.1) is 0 Å². The van der Waals surface area contributed by atoms with Gasteiger partial charge in [-0.25, -0.2) is 0 Å². The maximum atomic E-state index is 9.86. The number of rotatable bonds is 5. The van der Waals surface area contributed by atoms with E-state index < -0.39 is 6.10 Å². The molecule has 1 aromatic carbocycles. The third-order valence-electron chi connectivity index (χ3n) is 3.39. The Bertz CT molecular complexity index is 529. The topological polar surface area (TPSA) is 45.4 Å². The zero-order valence-corrected chi connectivity index (χ0v) is 11.1. The number of benzene rings is 1. The van der Waals surface area contributed by atoms with Gasteiger partial charge in [0, 0.05) is 35.8 Å². The van der Waals surface area contributed by atoms with Gasteiger partial charge in [-0.3, -0.25) is 0 Å². The standard InChI is InChI=1S/C15H21NO2/c1-3-12-5-6-15-13(9-12)14(11(2)18)10-16(15)7-4-8-17/h5-6,9-11,17-18H,3-4,7-8H2,1-2H3. The Morgan fingerprint density at radius 3 is 2.72 bits per heavy atom. The molecular weight excluding hydrogens is 226 g/mol. The monoisotopic (exact) mass is 247 g/mol. The van der Waals surface area contributed by atoms with Crippen molar-refractivity contribution < 1.29 is 10.2 Å². The number of aliphatic hydroxyl groups excluding tert-OH is 2. The largest absolute Gasteiger partial charge is 0.396 e. The summed E-state index contributed by atoms with van der Waals surface area (Å²) in [5.41, 5.74) is 3.39. The van der Waals surface area contributed by atoms with Crippen molar-refractivity contribution in [2.45, 2.75) is 39.3 Å². The van der Waals surface area contributed by atoms with Gasteiger partial charge in [0.2, 0.25) is 0 Å². The summed E-state index contributed by atoms with van der Waals surface area (Å²) in [5.74, 6) is 0. The third kappa shape index (κ3) is 2.42.